The van der Waals surface area contributed by atoms with E-state index < -0.39 is 17.8 Å². The van der Waals surface area contributed by atoms with E-state index in [1.165, 1.54) is 7.11 Å². The molecular formula is C8H14O4. The van der Waals surface area contributed by atoms with E-state index in [0.717, 1.165) is 0 Å². The lowest BCUT2D eigenvalue weighted by atomic mass is 9.89. The van der Waals surface area contributed by atoms with Gasteiger partial charge in [0.1, 0.15) is 17.8 Å². The zero-order chi connectivity index (χ0) is 9.35. The number of methoxy groups -OCH3 is 1. The summed E-state index contributed by atoms with van der Waals surface area (Å²) in [7, 11) is 1.48. The van der Waals surface area contributed by atoms with Gasteiger partial charge in [-0.3, -0.25) is 4.79 Å². The maximum atomic E-state index is 11.0. The molecule has 4 nitrogen and oxygen atoms in total. The first-order chi connectivity index (χ1) is 5.49. The summed E-state index contributed by atoms with van der Waals surface area (Å²) in [6, 6.07) is 0. The van der Waals surface area contributed by atoms with Gasteiger partial charge in [0.15, 0.2) is 0 Å². The highest BCUT2D eigenvalue weighted by molar-refractivity contribution is 5.72. The predicted octanol–water partition coefficient (Wildman–Crippen LogP) is 0.0878. The minimum absolute atomic E-state index is 0.106. The van der Waals surface area contributed by atoms with Crippen LogP contribution < -0.4 is 0 Å². The lowest BCUT2D eigenvalue weighted by molar-refractivity contribution is -0.200. The van der Waals surface area contributed by atoms with Gasteiger partial charge in [0, 0.05) is 7.11 Å². The Morgan fingerprint density at radius 3 is 2.83 bits per heavy atom. The Balaban J connectivity index is 2.79. The van der Waals surface area contributed by atoms with E-state index in [0.29, 0.717) is 0 Å². The van der Waals surface area contributed by atoms with Crippen molar-refractivity contribution in [2.24, 2.45) is 0 Å². The van der Waals surface area contributed by atoms with Gasteiger partial charge in [-0.1, -0.05) is 0 Å². The van der Waals surface area contributed by atoms with E-state index in [1.54, 1.807) is 13.8 Å². The molecule has 0 aromatic carbocycles. The van der Waals surface area contributed by atoms with E-state index in [1.807, 2.05) is 0 Å². The molecule has 3 atom stereocenters. The molecule has 1 aliphatic rings. The summed E-state index contributed by atoms with van der Waals surface area (Å²) >= 11 is 0. The van der Waals surface area contributed by atoms with Crippen LogP contribution in [0.5, 0.6) is 0 Å². The topological polar surface area (TPSA) is 55.8 Å². The first-order valence-electron chi connectivity index (χ1n) is 3.92. The van der Waals surface area contributed by atoms with Crippen molar-refractivity contribution in [1.82, 2.24) is 0 Å². The number of carbonyl (C=O) groups excluding carboxylic acids is 1. The van der Waals surface area contributed by atoms with Crippen molar-refractivity contribution >= 4 is 5.97 Å². The molecule has 4 heteroatoms. The van der Waals surface area contributed by atoms with Crippen LogP contribution >= 0.6 is 0 Å². The molecule has 0 spiro atoms. The SMILES string of the molecule is COC1(C)CC(=O)OC(C)C1O. The van der Waals surface area contributed by atoms with Crippen LogP contribution in [0, 0.1) is 0 Å². The summed E-state index contributed by atoms with van der Waals surface area (Å²) in [4.78, 5) is 11.0. The highest BCUT2D eigenvalue weighted by Crippen LogP contribution is 2.28. The number of cyclic esters (lactones) is 1. The second kappa shape index (κ2) is 3.03. The zero-order valence-electron chi connectivity index (χ0n) is 7.53. The molecule has 1 aliphatic heterocycles. The number of ether oxygens (including phenoxy) is 2. The van der Waals surface area contributed by atoms with Gasteiger partial charge < -0.3 is 14.6 Å². The molecular weight excluding hydrogens is 160 g/mol. The third kappa shape index (κ3) is 1.44. The summed E-state index contributed by atoms with van der Waals surface area (Å²) in [6.07, 6.45) is -1.13. The molecule has 0 amide bonds. The highest BCUT2D eigenvalue weighted by atomic mass is 16.6. The number of hydrogen-bond acceptors (Lipinski definition) is 4. The Bertz CT molecular complexity index is 191. The molecule has 0 aromatic rings. The van der Waals surface area contributed by atoms with Crippen molar-refractivity contribution in [3.63, 3.8) is 0 Å². The maximum absolute atomic E-state index is 11.0. The van der Waals surface area contributed by atoms with E-state index >= 15 is 0 Å². The Kier molecular flexibility index (Phi) is 2.39. The van der Waals surface area contributed by atoms with Gasteiger partial charge in [-0.05, 0) is 13.8 Å². The standard InChI is InChI=1S/C8H14O4/c1-5-7(10)8(2,11-3)4-6(9)12-5/h5,7,10H,4H2,1-3H3. The Labute approximate surface area is 71.5 Å². The van der Waals surface area contributed by atoms with E-state index in [-0.39, 0.29) is 12.4 Å². The number of esters is 1. The third-order valence-corrected chi connectivity index (χ3v) is 2.35. The van der Waals surface area contributed by atoms with Crippen LogP contribution in [0.1, 0.15) is 20.3 Å². The molecule has 1 saturated heterocycles. The molecule has 70 valence electrons. The number of aliphatic hydroxyl groups is 1. The van der Waals surface area contributed by atoms with Crippen molar-refractivity contribution in [2.45, 2.75) is 38.1 Å². The van der Waals surface area contributed by atoms with Crippen LogP contribution in [-0.2, 0) is 14.3 Å². The third-order valence-electron chi connectivity index (χ3n) is 2.35. The number of rotatable bonds is 1. The first kappa shape index (κ1) is 9.48. The summed E-state index contributed by atoms with van der Waals surface area (Å²) in [5.74, 6) is -0.322. The van der Waals surface area contributed by atoms with Crippen LogP contribution in [0.4, 0.5) is 0 Å². The van der Waals surface area contributed by atoms with Gasteiger partial charge in [0.05, 0.1) is 6.42 Å². The van der Waals surface area contributed by atoms with Crippen molar-refractivity contribution in [1.29, 1.82) is 0 Å². The number of carbonyl (C=O) groups is 1. The van der Waals surface area contributed by atoms with Gasteiger partial charge in [0.25, 0.3) is 0 Å². The van der Waals surface area contributed by atoms with Gasteiger partial charge in [-0.25, -0.2) is 0 Å². The minimum Gasteiger partial charge on any atom is -0.460 e. The fraction of sp³-hybridized carbons (Fsp3) is 0.875. The molecule has 0 aliphatic carbocycles. The molecule has 1 N–H and O–H groups in total. The second-order valence-electron chi connectivity index (χ2n) is 3.33. The summed E-state index contributed by atoms with van der Waals surface area (Å²) in [5, 5.41) is 9.61. The average Bonchev–Trinajstić information content (AvgIpc) is 2.00. The van der Waals surface area contributed by atoms with Crippen LogP contribution in [-0.4, -0.2) is 36.0 Å². The zero-order valence-corrected chi connectivity index (χ0v) is 7.53. The number of hydrogen-bond donors (Lipinski definition) is 1. The predicted molar refractivity (Wildman–Crippen MR) is 41.6 cm³/mol. The Morgan fingerprint density at radius 2 is 2.33 bits per heavy atom. The lowest BCUT2D eigenvalue weighted by Crippen LogP contribution is -2.54. The molecule has 3 unspecified atom stereocenters. The molecule has 0 radical (unpaired) electrons. The van der Waals surface area contributed by atoms with Crippen molar-refractivity contribution in [2.75, 3.05) is 7.11 Å². The maximum Gasteiger partial charge on any atom is 0.309 e. The molecule has 1 rings (SSSR count). The van der Waals surface area contributed by atoms with Crippen molar-refractivity contribution in [3.8, 4) is 0 Å². The van der Waals surface area contributed by atoms with Gasteiger partial charge in [0.2, 0.25) is 0 Å². The van der Waals surface area contributed by atoms with Crippen LogP contribution in [0.3, 0.4) is 0 Å². The average molecular weight is 174 g/mol. The number of aliphatic hydroxyl groups excluding tert-OH is 1. The van der Waals surface area contributed by atoms with Crippen LogP contribution in [0.15, 0.2) is 0 Å². The lowest BCUT2D eigenvalue weighted by Gasteiger charge is -2.39. The van der Waals surface area contributed by atoms with Gasteiger partial charge >= 0.3 is 5.97 Å². The smallest absolute Gasteiger partial charge is 0.309 e. The molecule has 0 bridgehead atoms. The largest absolute Gasteiger partial charge is 0.460 e. The molecule has 0 saturated carbocycles. The van der Waals surface area contributed by atoms with Crippen molar-refractivity contribution < 1.29 is 19.4 Å². The molecule has 0 aromatic heterocycles. The quantitative estimate of drug-likeness (QED) is 0.572. The van der Waals surface area contributed by atoms with Gasteiger partial charge in [-0.15, -0.1) is 0 Å². The first-order valence-corrected chi connectivity index (χ1v) is 3.92. The minimum atomic E-state index is -0.797. The second-order valence-corrected chi connectivity index (χ2v) is 3.33. The molecule has 1 fully saturated rings. The fourth-order valence-corrected chi connectivity index (χ4v) is 1.39. The van der Waals surface area contributed by atoms with Crippen LogP contribution in [0.25, 0.3) is 0 Å². The fourth-order valence-electron chi connectivity index (χ4n) is 1.39. The monoisotopic (exact) mass is 174 g/mol. The summed E-state index contributed by atoms with van der Waals surface area (Å²) < 4.78 is 9.91. The Hall–Kier alpha value is -0.610. The highest BCUT2D eigenvalue weighted by Gasteiger charge is 2.44. The van der Waals surface area contributed by atoms with Gasteiger partial charge in [-0.2, -0.15) is 0 Å². The summed E-state index contributed by atoms with van der Waals surface area (Å²) in [6.45, 7) is 3.35. The van der Waals surface area contributed by atoms with E-state index in [4.69, 9.17) is 9.47 Å². The Morgan fingerprint density at radius 1 is 1.75 bits per heavy atom. The van der Waals surface area contributed by atoms with E-state index in [9.17, 15) is 9.90 Å². The normalized spacial score (nSPS) is 42.5. The van der Waals surface area contributed by atoms with E-state index in [2.05, 4.69) is 0 Å². The summed E-state index contributed by atoms with van der Waals surface area (Å²) in [5.41, 5.74) is -0.797. The van der Waals surface area contributed by atoms with Crippen LogP contribution in [0.2, 0.25) is 0 Å². The van der Waals surface area contributed by atoms with Crippen molar-refractivity contribution in [3.05, 3.63) is 0 Å². The molecule has 1 heterocycles. The molecule has 12 heavy (non-hydrogen) atoms.